The number of hydrogen-bond acceptors (Lipinski definition) is 8. The molecule has 1 amide bonds. The number of nitrogens with zero attached hydrogens (tertiary/aromatic N) is 3. The molecule has 0 saturated heterocycles. The van der Waals surface area contributed by atoms with Gasteiger partial charge in [0, 0.05) is 6.42 Å². The molecule has 0 unspecified atom stereocenters. The van der Waals surface area contributed by atoms with Crippen LogP contribution in [-0.2, 0) is 11.2 Å². The number of anilines is 1. The third-order valence-corrected chi connectivity index (χ3v) is 5.93. The molecule has 0 spiro atoms. The molecule has 36 heavy (non-hydrogen) atoms. The summed E-state index contributed by atoms with van der Waals surface area (Å²) in [6.45, 7) is 6.70. The minimum atomic E-state index is -0.589. The molecule has 0 bridgehead atoms. The Balaban J connectivity index is 1.67. The van der Waals surface area contributed by atoms with Gasteiger partial charge in [-0.25, -0.2) is 0 Å². The molecular weight excluding hydrogens is 500 g/mol. The minimum Gasteiger partial charge on any atom is -0.493 e. The highest BCUT2D eigenvalue weighted by molar-refractivity contribution is 7.15. The molecule has 0 aliphatic carbocycles. The van der Waals surface area contributed by atoms with Gasteiger partial charge in [-0.1, -0.05) is 48.9 Å². The first-order valence-electron chi connectivity index (χ1n) is 11.2. The molecule has 8 nitrogen and oxygen atoms in total. The number of rotatable bonds is 11. The number of amides is 1. The van der Waals surface area contributed by atoms with Crippen molar-refractivity contribution in [2.24, 2.45) is 5.92 Å². The summed E-state index contributed by atoms with van der Waals surface area (Å²) in [6, 6.07) is 12.9. The Morgan fingerprint density at radius 3 is 2.69 bits per heavy atom. The van der Waals surface area contributed by atoms with Crippen LogP contribution in [0.5, 0.6) is 17.2 Å². The van der Waals surface area contributed by atoms with Crippen LogP contribution in [0.4, 0.5) is 5.13 Å². The first-order chi connectivity index (χ1) is 17.3. The summed E-state index contributed by atoms with van der Waals surface area (Å²) in [6.07, 6.45) is 2.18. The SMILES string of the molecule is COc1cc(C=C(C#N)C(=O)Nc2nnc(CC(C)C)s2)cc(Cl)c1OCCOc1cccc(C)c1. The zero-order valence-corrected chi connectivity index (χ0v) is 22.1. The van der Waals surface area contributed by atoms with Crippen molar-refractivity contribution in [3.05, 3.63) is 63.1 Å². The van der Waals surface area contributed by atoms with Gasteiger partial charge in [-0.3, -0.25) is 10.1 Å². The molecule has 0 fully saturated rings. The number of aryl methyl sites for hydroxylation is 1. The maximum absolute atomic E-state index is 12.6. The summed E-state index contributed by atoms with van der Waals surface area (Å²) in [5.41, 5.74) is 1.49. The standard InChI is InChI=1S/C26H27ClN4O4S/c1-16(2)10-23-30-31-26(36-23)29-25(32)19(15-28)12-18-13-21(27)24(22(14-18)33-4)35-9-8-34-20-7-5-6-17(3)11-20/h5-7,11-14,16H,8-10H2,1-4H3,(H,29,31,32). The van der Waals surface area contributed by atoms with Gasteiger partial charge in [-0.2, -0.15) is 5.26 Å². The molecule has 1 N–H and O–H groups in total. The second kappa shape index (κ2) is 12.9. The Labute approximate surface area is 219 Å². The quantitative estimate of drug-likeness (QED) is 0.194. The van der Waals surface area contributed by atoms with Crippen LogP contribution in [0.15, 0.2) is 42.0 Å². The van der Waals surface area contributed by atoms with Crippen LogP contribution in [-0.4, -0.2) is 36.4 Å². The van der Waals surface area contributed by atoms with Crippen molar-refractivity contribution >= 4 is 40.1 Å². The van der Waals surface area contributed by atoms with Crippen LogP contribution in [0.1, 0.15) is 30.0 Å². The number of nitrogens with one attached hydrogen (secondary N) is 1. The lowest BCUT2D eigenvalue weighted by molar-refractivity contribution is -0.112. The van der Waals surface area contributed by atoms with Crippen molar-refractivity contribution in [3.63, 3.8) is 0 Å². The summed E-state index contributed by atoms with van der Waals surface area (Å²) in [5, 5.41) is 21.7. The van der Waals surface area contributed by atoms with Crippen LogP contribution < -0.4 is 19.5 Å². The maximum atomic E-state index is 12.6. The molecule has 0 saturated carbocycles. The molecule has 3 rings (SSSR count). The van der Waals surface area contributed by atoms with Crippen molar-refractivity contribution in [3.8, 4) is 23.3 Å². The molecular formula is C26H27ClN4O4S. The number of methoxy groups -OCH3 is 1. The first kappa shape index (κ1) is 27.0. The monoisotopic (exact) mass is 526 g/mol. The zero-order valence-electron chi connectivity index (χ0n) is 20.5. The van der Waals surface area contributed by atoms with Crippen molar-refractivity contribution in [1.29, 1.82) is 5.26 Å². The van der Waals surface area contributed by atoms with Gasteiger partial charge >= 0.3 is 0 Å². The highest BCUT2D eigenvalue weighted by Crippen LogP contribution is 2.37. The molecule has 188 valence electrons. The second-order valence-corrected chi connectivity index (χ2v) is 9.74. The van der Waals surface area contributed by atoms with Gasteiger partial charge in [-0.15, -0.1) is 10.2 Å². The van der Waals surface area contributed by atoms with E-state index in [1.54, 1.807) is 12.1 Å². The van der Waals surface area contributed by atoms with E-state index in [-0.39, 0.29) is 17.2 Å². The zero-order chi connectivity index (χ0) is 26.1. The number of ether oxygens (including phenoxy) is 3. The van der Waals surface area contributed by atoms with E-state index in [0.717, 1.165) is 22.7 Å². The first-order valence-corrected chi connectivity index (χ1v) is 12.4. The summed E-state index contributed by atoms with van der Waals surface area (Å²) >= 11 is 7.72. The smallest absolute Gasteiger partial charge is 0.268 e. The Morgan fingerprint density at radius 2 is 2.00 bits per heavy atom. The van der Waals surface area contributed by atoms with Crippen molar-refractivity contribution in [2.45, 2.75) is 27.2 Å². The lowest BCUT2D eigenvalue weighted by Crippen LogP contribution is -2.13. The van der Waals surface area contributed by atoms with E-state index in [4.69, 9.17) is 25.8 Å². The Hall–Kier alpha value is -3.61. The van der Waals surface area contributed by atoms with E-state index in [0.29, 0.717) is 34.7 Å². The number of aromatic nitrogens is 2. The Morgan fingerprint density at radius 1 is 1.22 bits per heavy atom. The fraction of sp³-hybridized carbons (Fsp3) is 0.308. The third-order valence-electron chi connectivity index (χ3n) is 4.79. The van der Waals surface area contributed by atoms with Crippen LogP contribution >= 0.6 is 22.9 Å². The van der Waals surface area contributed by atoms with E-state index in [1.807, 2.05) is 37.3 Å². The van der Waals surface area contributed by atoms with Crippen LogP contribution in [0, 0.1) is 24.2 Å². The van der Waals surface area contributed by atoms with E-state index >= 15 is 0 Å². The second-order valence-electron chi connectivity index (χ2n) is 8.27. The summed E-state index contributed by atoms with van der Waals surface area (Å²) in [4.78, 5) is 12.6. The molecule has 3 aromatic rings. The van der Waals surface area contributed by atoms with Crippen LogP contribution in [0.3, 0.4) is 0 Å². The molecule has 2 aromatic carbocycles. The number of carbonyl (C=O) groups excluding carboxylic acids is 1. The van der Waals surface area contributed by atoms with Crippen molar-refractivity contribution in [2.75, 3.05) is 25.6 Å². The average Bonchev–Trinajstić information content (AvgIpc) is 3.26. The molecule has 0 aliphatic heterocycles. The maximum Gasteiger partial charge on any atom is 0.268 e. The van der Waals surface area contributed by atoms with Gasteiger partial charge in [-0.05, 0) is 54.3 Å². The van der Waals surface area contributed by atoms with Gasteiger partial charge in [0.2, 0.25) is 5.13 Å². The number of hydrogen-bond donors (Lipinski definition) is 1. The van der Waals surface area contributed by atoms with Gasteiger partial charge in [0.15, 0.2) is 11.5 Å². The van der Waals surface area contributed by atoms with Gasteiger partial charge in [0.1, 0.15) is 35.6 Å². The number of nitriles is 1. The largest absolute Gasteiger partial charge is 0.493 e. The fourth-order valence-corrected chi connectivity index (χ4v) is 4.41. The van der Waals surface area contributed by atoms with Crippen molar-refractivity contribution < 1.29 is 19.0 Å². The lowest BCUT2D eigenvalue weighted by atomic mass is 10.1. The number of halogens is 1. The highest BCUT2D eigenvalue weighted by atomic mass is 35.5. The minimum absolute atomic E-state index is 0.117. The predicted octanol–water partition coefficient (Wildman–Crippen LogP) is 5.71. The van der Waals surface area contributed by atoms with Gasteiger partial charge in [0.05, 0.1) is 12.1 Å². The summed E-state index contributed by atoms with van der Waals surface area (Å²) in [7, 11) is 1.48. The lowest BCUT2D eigenvalue weighted by Gasteiger charge is -2.14. The molecule has 0 radical (unpaired) electrons. The predicted molar refractivity (Wildman–Crippen MR) is 141 cm³/mol. The van der Waals surface area contributed by atoms with Gasteiger partial charge < -0.3 is 14.2 Å². The molecule has 1 heterocycles. The molecule has 0 aliphatic rings. The van der Waals surface area contributed by atoms with E-state index in [1.165, 1.54) is 24.5 Å². The molecule has 0 atom stereocenters. The van der Waals surface area contributed by atoms with E-state index in [2.05, 4.69) is 29.4 Å². The van der Waals surface area contributed by atoms with E-state index in [9.17, 15) is 10.1 Å². The topological polar surface area (TPSA) is 106 Å². The molecule has 1 aromatic heterocycles. The van der Waals surface area contributed by atoms with Crippen LogP contribution in [0.25, 0.3) is 6.08 Å². The van der Waals surface area contributed by atoms with E-state index < -0.39 is 5.91 Å². The Bertz CT molecular complexity index is 1280. The van der Waals surface area contributed by atoms with Crippen LogP contribution in [0.2, 0.25) is 5.02 Å². The van der Waals surface area contributed by atoms with Gasteiger partial charge in [0.25, 0.3) is 5.91 Å². The summed E-state index contributed by atoms with van der Waals surface area (Å²) < 4.78 is 16.9. The summed E-state index contributed by atoms with van der Waals surface area (Å²) in [5.74, 6) is 1.30. The Kier molecular flexibility index (Phi) is 9.68. The highest BCUT2D eigenvalue weighted by Gasteiger charge is 2.16. The number of benzene rings is 2. The average molecular weight is 527 g/mol. The fourth-order valence-electron chi connectivity index (χ4n) is 3.19. The normalized spacial score (nSPS) is 11.2. The third kappa shape index (κ3) is 7.70. The molecule has 10 heteroatoms. The van der Waals surface area contributed by atoms with Crippen molar-refractivity contribution in [1.82, 2.24) is 10.2 Å². The number of carbonyl (C=O) groups is 1.